The predicted octanol–water partition coefficient (Wildman–Crippen LogP) is 4.71. The van der Waals surface area contributed by atoms with Crippen molar-refractivity contribution in [3.8, 4) is 0 Å². The molecule has 1 atom stereocenters. The normalized spacial score (nSPS) is 11.9. The van der Waals surface area contributed by atoms with Crippen LogP contribution in [-0.2, 0) is 16.1 Å². The summed E-state index contributed by atoms with van der Waals surface area (Å²) in [6.45, 7) is 5.80. The van der Waals surface area contributed by atoms with E-state index in [1.165, 1.54) is 40.8 Å². The van der Waals surface area contributed by atoms with E-state index in [-0.39, 0.29) is 12.3 Å². The van der Waals surface area contributed by atoms with Crippen molar-refractivity contribution < 1.29 is 18.8 Å². The van der Waals surface area contributed by atoms with Crippen LogP contribution in [0.5, 0.6) is 0 Å². The van der Waals surface area contributed by atoms with Gasteiger partial charge in [-0.25, -0.2) is 9.07 Å². The Morgan fingerprint density at radius 3 is 2.32 bits per heavy atom. The number of aromatic nitrogens is 3. The molecule has 8 nitrogen and oxygen atoms in total. The van der Waals surface area contributed by atoms with Crippen molar-refractivity contribution in [2.24, 2.45) is 5.92 Å². The average Bonchev–Trinajstić information content (AvgIpc) is 3.30. The Morgan fingerprint density at radius 1 is 0.974 bits per heavy atom. The molecule has 0 aliphatic heterocycles. The molecule has 0 radical (unpaired) electrons. The van der Waals surface area contributed by atoms with E-state index in [1.54, 1.807) is 30.3 Å². The molecule has 9 heteroatoms. The third-order valence-corrected chi connectivity index (χ3v) is 6.24. The molecule has 2 amide bonds. The zero-order valence-corrected chi connectivity index (χ0v) is 21.6. The Balaban J connectivity index is 1.77. The molecule has 1 heterocycles. The van der Waals surface area contributed by atoms with Gasteiger partial charge in [0.05, 0.1) is 5.52 Å². The number of carbonyl (C=O) groups excluding carboxylic acids is 3. The van der Waals surface area contributed by atoms with Gasteiger partial charge in [0.1, 0.15) is 23.9 Å². The lowest BCUT2D eigenvalue weighted by Gasteiger charge is -2.32. The van der Waals surface area contributed by atoms with Crippen LogP contribution in [0.4, 0.5) is 10.1 Å². The highest BCUT2D eigenvalue weighted by molar-refractivity contribution is 6.02. The van der Waals surface area contributed by atoms with E-state index >= 15 is 0 Å². The fourth-order valence-electron chi connectivity index (χ4n) is 4.18. The topological polar surface area (TPSA) is 97.2 Å². The van der Waals surface area contributed by atoms with Crippen LogP contribution in [0.15, 0.2) is 72.8 Å². The number of nitrogens with one attached hydrogen (secondary N) is 1. The number of fused-ring (bicyclic) bond motifs is 1. The summed E-state index contributed by atoms with van der Waals surface area (Å²) in [6, 6.07) is 18.2. The molecule has 4 rings (SSSR count). The van der Waals surface area contributed by atoms with Crippen LogP contribution >= 0.6 is 0 Å². The van der Waals surface area contributed by atoms with E-state index in [9.17, 15) is 18.8 Å². The molecule has 0 unspecified atom stereocenters. The summed E-state index contributed by atoms with van der Waals surface area (Å²) in [6.07, 6.45) is 0.758. The van der Waals surface area contributed by atoms with Gasteiger partial charge in [-0.2, -0.15) is 0 Å². The second-order valence-electron chi connectivity index (χ2n) is 9.53. The van der Waals surface area contributed by atoms with Crippen molar-refractivity contribution in [3.63, 3.8) is 0 Å². The highest BCUT2D eigenvalue weighted by atomic mass is 19.1. The Kier molecular flexibility index (Phi) is 8.25. The molecule has 0 spiro atoms. The van der Waals surface area contributed by atoms with Gasteiger partial charge in [-0.1, -0.05) is 43.3 Å². The summed E-state index contributed by atoms with van der Waals surface area (Å²) in [7, 11) is 0. The fraction of sp³-hybridized carbons (Fsp3) is 0.276. The highest BCUT2D eigenvalue weighted by Gasteiger charge is 2.33. The van der Waals surface area contributed by atoms with E-state index < -0.39 is 23.7 Å². The monoisotopic (exact) mass is 515 g/mol. The first-order chi connectivity index (χ1) is 18.2. The molecule has 0 fully saturated rings. The summed E-state index contributed by atoms with van der Waals surface area (Å²) in [5.74, 6) is -1.03. The Labute approximate surface area is 220 Å². The van der Waals surface area contributed by atoms with Gasteiger partial charge in [0.2, 0.25) is 11.8 Å². The van der Waals surface area contributed by atoms with Crippen LogP contribution < -0.4 is 10.2 Å². The second kappa shape index (κ2) is 11.8. The van der Waals surface area contributed by atoms with Gasteiger partial charge >= 0.3 is 0 Å². The lowest BCUT2D eigenvalue weighted by Crippen LogP contribution is -2.45. The van der Waals surface area contributed by atoms with Gasteiger partial charge in [0, 0.05) is 17.8 Å². The zero-order valence-electron chi connectivity index (χ0n) is 21.6. The van der Waals surface area contributed by atoms with Crippen LogP contribution in [0.3, 0.4) is 0 Å². The zero-order chi connectivity index (χ0) is 27.2. The first-order valence-electron chi connectivity index (χ1n) is 12.5. The third-order valence-electron chi connectivity index (χ3n) is 6.24. The van der Waals surface area contributed by atoms with Crippen molar-refractivity contribution in [1.82, 2.24) is 20.3 Å². The number of para-hydroxylation sites is 1. The largest absolute Gasteiger partial charge is 0.354 e. The number of anilines is 1. The quantitative estimate of drug-likeness (QED) is 0.309. The van der Waals surface area contributed by atoms with Crippen LogP contribution in [-0.4, -0.2) is 39.1 Å². The molecule has 1 N–H and O–H groups in total. The lowest BCUT2D eigenvalue weighted by atomic mass is 10.0. The summed E-state index contributed by atoms with van der Waals surface area (Å²) in [5, 5.41) is 11.2. The van der Waals surface area contributed by atoms with Gasteiger partial charge < -0.3 is 5.32 Å². The molecule has 4 aromatic rings. The van der Waals surface area contributed by atoms with Gasteiger partial charge in [0.25, 0.3) is 0 Å². The maximum absolute atomic E-state index is 14.0. The fourth-order valence-corrected chi connectivity index (χ4v) is 4.18. The number of nitrogens with zero attached hydrogens (tertiary/aromatic N) is 4. The first kappa shape index (κ1) is 26.7. The number of ketones is 1. The van der Waals surface area contributed by atoms with Crippen molar-refractivity contribution in [3.05, 3.63) is 89.7 Å². The second-order valence-corrected chi connectivity index (χ2v) is 9.53. The Bertz CT molecular complexity index is 1430. The molecule has 38 heavy (non-hydrogen) atoms. The van der Waals surface area contributed by atoms with Crippen LogP contribution in [0.25, 0.3) is 11.0 Å². The number of rotatable bonds is 10. The van der Waals surface area contributed by atoms with Crippen LogP contribution in [0.2, 0.25) is 0 Å². The van der Waals surface area contributed by atoms with Gasteiger partial charge in [-0.15, -0.1) is 5.10 Å². The minimum atomic E-state index is -1.09. The molecule has 1 aromatic heterocycles. The number of hydrogen-bond acceptors (Lipinski definition) is 5. The van der Waals surface area contributed by atoms with Crippen molar-refractivity contribution in [2.75, 3.05) is 11.4 Å². The maximum atomic E-state index is 14.0. The Hall–Kier alpha value is -4.40. The molecular formula is C29H30FN5O3. The van der Waals surface area contributed by atoms with E-state index in [1.807, 2.05) is 18.2 Å². The average molecular weight is 516 g/mol. The van der Waals surface area contributed by atoms with Gasteiger partial charge in [-0.05, 0) is 73.4 Å². The number of carbonyl (C=O) groups is 3. The standard InChI is InChI=1S/C29H30FN5O3/c1-19(2)16-17-31-29(38)28(22-8-12-23(30)13-9-22)35(24-14-10-21(11-15-24)20(3)36)27(37)18-34-26-7-5-4-6-25(26)32-33-34/h4-15,19,28H,16-18H2,1-3H3,(H,31,38)/t28-/m0/s1. The molecule has 0 aliphatic carbocycles. The summed E-state index contributed by atoms with van der Waals surface area (Å²) in [5.41, 5.74) is 2.65. The number of benzene rings is 3. The minimum absolute atomic E-state index is 0.120. The highest BCUT2D eigenvalue weighted by Crippen LogP contribution is 2.29. The Morgan fingerprint density at radius 2 is 1.66 bits per heavy atom. The minimum Gasteiger partial charge on any atom is -0.354 e. The number of halogens is 1. The number of Topliss-reactive ketones (excluding diaryl/α,β-unsaturated/α-hetero) is 1. The van der Waals surface area contributed by atoms with E-state index in [2.05, 4.69) is 29.5 Å². The van der Waals surface area contributed by atoms with Crippen molar-refractivity contribution in [1.29, 1.82) is 0 Å². The van der Waals surface area contributed by atoms with Crippen LogP contribution in [0, 0.1) is 11.7 Å². The molecular weight excluding hydrogens is 485 g/mol. The van der Waals surface area contributed by atoms with Gasteiger partial charge in [-0.3, -0.25) is 19.3 Å². The lowest BCUT2D eigenvalue weighted by molar-refractivity contribution is -0.127. The molecule has 3 aromatic carbocycles. The summed E-state index contributed by atoms with van der Waals surface area (Å²) >= 11 is 0. The molecule has 0 saturated carbocycles. The van der Waals surface area contributed by atoms with Crippen molar-refractivity contribution >= 4 is 34.3 Å². The van der Waals surface area contributed by atoms with E-state index in [4.69, 9.17) is 0 Å². The summed E-state index contributed by atoms with van der Waals surface area (Å²) in [4.78, 5) is 40.8. The number of amides is 2. The number of hydrogen-bond donors (Lipinski definition) is 1. The maximum Gasteiger partial charge on any atom is 0.249 e. The molecule has 0 saturated heterocycles. The first-order valence-corrected chi connectivity index (χ1v) is 12.5. The molecule has 0 aliphatic rings. The van der Waals surface area contributed by atoms with E-state index in [0.717, 1.165) is 6.42 Å². The van der Waals surface area contributed by atoms with E-state index in [0.29, 0.717) is 40.3 Å². The summed E-state index contributed by atoms with van der Waals surface area (Å²) < 4.78 is 15.3. The molecule has 196 valence electrons. The smallest absolute Gasteiger partial charge is 0.249 e. The predicted molar refractivity (Wildman–Crippen MR) is 143 cm³/mol. The SMILES string of the molecule is CC(=O)c1ccc(N(C(=O)Cn2nnc3ccccc32)[C@H](C(=O)NCCC(C)C)c2ccc(F)cc2)cc1. The van der Waals surface area contributed by atoms with Crippen molar-refractivity contribution in [2.45, 2.75) is 39.8 Å². The molecule has 0 bridgehead atoms. The third kappa shape index (κ3) is 6.11. The van der Waals surface area contributed by atoms with Gasteiger partial charge in [0.15, 0.2) is 5.78 Å². The van der Waals surface area contributed by atoms with Crippen LogP contribution in [0.1, 0.15) is 49.2 Å².